The molecule has 1 unspecified atom stereocenters. The molecule has 0 aliphatic carbocycles. The molecule has 1 N–H and O–H groups in total. The van der Waals surface area contributed by atoms with Gasteiger partial charge in [0.2, 0.25) is 0 Å². The normalized spacial score (nSPS) is 12.7. The van der Waals surface area contributed by atoms with Gasteiger partial charge in [0, 0.05) is 18.7 Å². The summed E-state index contributed by atoms with van der Waals surface area (Å²) < 4.78 is 15.5. The molecular weight excluding hydrogens is 231 g/mol. The highest BCUT2D eigenvalue weighted by Crippen LogP contribution is 2.23. The first kappa shape index (κ1) is 12.8. The summed E-state index contributed by atoms with van der Waals surface area (Å²) in [4.78, 5) is 0. The summed E-state index contributed by atoms with van der Waals surface area (Å²) in [5, 5.41) is 13.7. The molecular formula is C14H17FN2O. The maximum Gasteiger partial charge on any atom is 0.126 e. The molecule has 2 rings (SSSR count). The molecule has 0 radical (unpaired) electrons. The van der Waals surface area contributed by atoms with E-state index in [9.17, 15) is 9.50 Å². The zero-order chi connectivity index (χ0) is 13.1. The number of rotatable bonds is 4. The van der Waals surface area contributed by atoms with Crippen LogP contribution in [-0.4, -0.2) is 21.5 Å². The molecule has 0 spiro atoms. The number of benzene rings is 1. The maximum absolute atomic E-state index is 13.7. The molecule has 1 atom stereocenters. The predicted molar refractivity (Wildman–Crippen MR) is 67.9 cm³/mol. The number of aromatic nitrogens is 2. The number of aliphatic hydroxyl groups is 1. The van der Waals surface area contributed by atoms with Crippen LogP contribution in [-0.2, 0) is 13.5 Å². The monoisotopic (exact) mass is 248 g/mol. The van der Waals surface area contributed by atoms with Crippen molar-refractivity contribution < 1.29 is 9.50 Å². The van der Waals surface area contributed by atoms with Crippen LogP contribution in [0.15, 0.2) is 30.3 Å². The van der Waals surface area contributed by atoms with Crippen LogP contribution in [0, 0.1) is 12.7 Å². The summed E-state index contributed by atoms with van der Waals surface area (Å²) >= 11 is 0. The standard InChI is InChI=1S/C14H17FN2O/c1-10-7-12(17(2)16-10)8-11(9-18)13-5-3-4-6-14(13)15/h3-7,11,18H,8-9H2,1-2H3. The molecule has 3 nitrogen and oxygen atoms in total. The molecule has 1 aromatic heterocycles. The van der Waals surface area contributed by atoms with Gasteiger partial charge in [0.05, 0.1) is 12.3 Å². The van der Waals surface area contributed by atoms with E-state index in [0.29, 0.717) is 12.0 Å². The molecule has 18 heavy (non-hydrogen) atoms. The van der Waals surface area contributed by atoms with Gasteiger partial charge in [-0.15, -0.1) is 0 Å². The van der Waals surface area contributed by atoms with Crippen LogP contribution in [0.2, 0.25) is 0 Å². The average Bonchev–Trinajstić information content (AvgIpc) is 2.66. The summed E-state index contributed by atoms with van der Waals surface area (Å²) in [5.74, 6) is -0.503. The lowest BCUT2D eigenvalue weighted by molar-refractivity contribution is 0.260. The zero-order valence-electron chi connectivity index (χ0n) is 10.6. The third-order valence-electron chi connectivity index (χ3n) is 3.12. The van der Waals surface area contributed by atoms with Gasteiger partial charge in [-0.05, 0) is 31.0 Å². The van der Waals surface area contributed by atoms with Crippen LogP contribution in [0.5, 0.6) is 0 Å². The summed E-state index contributed by atoms with van der Waals surface area (Å²) in [7, 11) is 1.86. The van der Waals surface area contributed by atoms with Gasteiger partial charge >= 0.3 is 0 Å². The van der Waals surface area contributed by atoms with E-state index in [1.807, 2.05) is 20.0 Å². The Bertz CT molecular complexity index is 536. The Kier molecular flexibility index (Phi) is 3.77. The lowest BCUT2D eigenvalue weighted by Crippen LogP contribution is -2.12. The largest absolute Gasteiger partial charge is 0.396 e. The Morgan fingerprint density at radius 2 is 2.11 bits per heavy atom. The Morgan fingerprint density at radius 3 is 2.67 bits per heavy atom. The highest BCUT2D eigenvalue weighted by Gasteiger charge is 2.17. The smallest absolute Gasteiger partial charge is 0.126 e. The van der Waals surface area contributed by atoms with E-state index in [-0.39, 0.29) is 18.3 Å². The van der Waals surface area contributed by atoms with Gasteiger partial charge in [-0.3, -0.25) is 4.68 Å². The Morgan fingerprint density at radius 1 is 1.39 bits per heavy atom. The third kappa shape index (κ3) is 2.59. The minimum Gasteiger partial charge on any atom is -0.396 e. The third-order valence-corrected chi connectivity index (χ3v) is 3.12. The van der Waals surface area contributed by atoms with Crippen LogP contribution in [0.4, 0.5) is 4.39 Å². The van der Waals surface area contributed by atoms with Gasteiger partial charge in [-0.1, -0.05) is 18.2 Å². The molecule has 0 bridgehead atoms. The first-order chi connectivity index (χ1) is 8.61. The molecule has 0 aliphatic rings. The lowest BCUT2D eigenvalue weighted by atomic mass is 9.94. The van der Waals surface area contributed by atoms with E-state index < -0.39 is 0 Å². The molecule has 0 aliphatic heterocycles. The molecule has 0 saturated carbocycles. The van der Waals surface area contributed by atoms with Crippen LogP contribution in [0.3, 0.4) is 0 Å². The highest BCUT2D eigenvalue weighted by atomic mass is 19.1. The topological polar surface area (TPSA) is 38.0 Å². The predicted octanol–water partition coefficient (Wildman–Crippen LogP) is 2.19. The summed E-state index contributed by atoms with van der Waals surface area (Å²) in [6.45, 7) is 1.84. The molecule has 0 fully saturated rings. The van der Waals surface area contributed by atoms with Crippen LogP contribution in [0.1, 0.15) is 22.9 Å². The van der Waals surface area contributed by atoms with Crippen LogP contribution in [0.25, 0.3) is 0 Å². The van der Waals surface area contributed by atoms with E-state index in [1.54, 1.807) is 22.9 Å². The van der Waals surface area contributed by atoms with Gasteiger partial charge in [0.15, 0.2) is 0 Å². The molecule has 0 amide bonds. The lowest BCUT2D eigenvalue weighted by Gasteiger charge is -2.15. The minimum atomic E-state index is -0.268. The molecule has 4 heteroatoms. The first-order valence-electron chi connectivity index (χ1n) is 5.96. The van der Waals surface area contributed by atoms with Crippen molar-refractivity contribution in [2.75, 3.05) is 6.61 Å². The number of halogens is 1. The van der Waals surface area contributed by atoms with E-state index in [4.69, 9.17) is 0 Å². The molecule has 0 saturated heterocycles. The number of nitrogens with zero attached hydrogens (tertiary/aromatic N) is 2. The Balaban J connectivity index is 2.25. The van der Waals surface area contributed by atoms with E-state index in [0.717, 1.165) is 11.4 Å². The average molecular weight is 248 g/mol. The van der Waals surface area contributed by atoms with Crippen LogP contribution < -0.4 is 0 Å². The van der Waals surface area contributed by atoms with Gasteiger partial charge in [0.1, 0.15) is 5.82 Å². The molecule has 1 heterocycles. The number of aryl methyl sites for hydroxylation is 2. The quantitative estimate of drug-likeness (QED) is 0.900. The van der Waals surface area contributed by atoms with Crippen molar-refractivity contribution in [1.82, 2.24) is 9.78 Å². The number of aliphatic hydroxyl groups excluding tert-OH is 1. The SMILES string of the molecule is Cc1cc(CC(CO)c2ccccc2F)n(C)n1. The van der Waals surface area contributed by atoms with Crippen LogP contribution >= 0.6 is 0 Å². The fraction of sp³-hybridized carbons (Fsp3) is 0.357. The second kappa shape index (κ2) is 5.31. The molecule has 96 valence electrons. The molecule has 1 aromatic carbocycles. The van der Waals surface area contributed by atoms with Crippen molar-refractivity contribution in [1.29, 1.82) is 0 Å². The first-order valence-corrected chi connectivity index (χ1v) is 5.96. The zero-order valence-corrected chi connectivity index (χ0v) is 10.6. The Labute approximate surface area is 106 Å². The van der Waals surface area contributed by atoms with E-state index in [2.05, 4.69) is 5.10 Å². The highest BCUT2D eigenvalue weighted by molar-refractivity contribution is 5.24. The van der Waals surface area contributed by atoms with Crippen molar-refractivity contribution in [2.45, 2.75) is 19.3 Å². The van der Waals surface area contributed by atoms with Gasteiger partial charge < -0.3 is 5.11 Å². The van der Waals surface area contributed by atoms with Crippen molar-refractivity contribution >= 4 is 0 Å². The van der Waals surface area contributed by atoms with Crippen molar-refractivity contribution in [3.8, 4) is 0 Å². The van der Waals surface area contributed by atoms with Crippen molar-refractivity contribution in [3.63, 3.8) is 0 Å². The van der Waals surface area contributed by atoms with Gasteiger partial charge in [-0.25, -0.2) is 4.39 Å². The summed E-state index contributed by atoms with van der Waals surface area (Å²) in [6.07, 6.45) is 0.578. The number of hydrogen-bond acceptors (Lipinski definition) is 2. The second-order valence-corrected chi connectivity index (χ2v) is 4.51. The minimum absolute atomic E-state index is 0.0782. The van der Waals surface area contributed by atoms with E-state index >= 15 is 0 Å². The van der Waals surface area contributed by atoms with E-state index in [1.165, 1.54) is 6.07 Å². The van der Waals surface area contributed by atoms with Crippen molar-refractivity contribution in [2.24, 2.45) is 7.05 Å². The number of hydrogen-bond donors (Lipinski definition) is 1. The summed E-state index contributed by atoms with van der Waals surface area (Å²) in [6, 6.07) is 8.55. The van der Waals surface area contributed by atoms with Gasteiger partial charge in [0.25, 0.3) is 0 Å². The molecule has 2 aromatic rings. The fourth-order valence-electron chi connectivity index (χ4n) is 2.19. The second-order valence-electron chi connectivity index (χ2n) is 4.51. The summed E-state index contributed by atoms with van der Waals surface area (Å²) in [5.41, 5.74) is 2.48. The maximum atomic E-state index is 13.7. The van der Waals surface area contributed by atoms with Crippen molar-refractivity contribution in [3.05, 3.63) is 53.1 Å². The Hall–Kier alpha value is -1.68. The van der Waals surface area contributed by atoms with Gasteiger partial charge in [-0.2, -0.15) is 5.10 Å². The fourth-order valence-corrected chi connectivity index (χ4v) is 2.19.